The van der Waals surface area contributed by atoms with Gasteiger partial charge in [0.1, 0.15) is 5.75 Å². The van der Waals surface area contributed by atoms with E-state index < -0.39 is 5.60 Å². The van der Waals surface area contributed by atoms with Gasteiger partial charge in [0.2, 0.25) is 0 Å². The molecular formula is C27H39NO3. The van der Waals surface area contributed by atoms with Crippen LogP contribution in [0.1, 0.15) is 57.1 Å². The lowest BCUT2D eigenvalue weighted by molar-refractivity contribution is -0.0547. The number of aliphatic hydroxyl groups is 1. The number of rotatable bonds is 11. The fourth-order valence-corrected chi connectivity index (χ4v) is 4.52. The van der Waals surface area contributed by atoms with Gasteiger partial charge >= 0.3 is 0 Å². The van der Waals surface area contributed by atoms with Gasteiger partial charge in [0.25, 0.3) is 0 Å². The minimum absolute atomic E-state index is 0.0388. The molecule has 1 fully saturated rings. The summed E-state index contributed by atoms with van der Waals surface area (Å²) < 4.78 is 11.4. The molecule has 1 heterocycles. The summed E-state index contributed by atoms with van der Waals surface area (Å²) in [4.78, 5) is 2.42. The molecule has 0 aliphatic carbocycles. The van der Waals surface area contributed by atoms with Gasteiger partial charge in [-0.2, -0.15) is 0 Å². The molecule has 0 saturated carbocycles. The molecule has 0 unspecified atom stereocenters. The molecule has 1 aliphatic rings. The third kappa shape index (κ3) is 6.09. The van der Waals surface area contributed by atoms with Crippen molar-refractivity contribution in [2.75, 3.05) is 39.5 Å². The summed E-state index contributed by atoms with van der Waals surface area (Å²) in [6.07, 6.45) is 3.45. The number of hydrogen-bond donors (Lipinski definition) is 1. The molecule has 0 radical (unpaired) electrons. The van der Waals surface area contributed by atoms with E-state index >= 15 is 0 Å². The van der Waals surface area contributed by atoms with Crippen molar-refractivity contribution in [3.05, 3.63) is 65.7 Å². The van der Waals surface area contributed by atoms with Crippen LogP contribution in [0.15, 0.2) is 54.6 Å². The molecule has 2 atom stereocenters. The van der Waals surface area contributed by atoms with Crippen molar-refractivity contribution < 1.29 is 14.6 Å². The average Bonchev–Trinajstić information content (AvgIpc) is 2.81. The molecule has 0 amide bonds. The normalized spacial score (nSPS) is 18.0. The Morgan fingerprint density at radius 1 is 1.00 bits per heavy atom. The molecule has 4 heteroatoms. The first kappa shape index (κ1) is 23.8. The number of hydrogen-bond acceptors (Lipinski definition) is 4. The van der Waals surface area contributed by atoms with Gasteiger partial charge in [-0.05, 0) is 35.6 Å². The molecule has 0 aromatic heterocycles. The molecule has 1 saturated heterocycles. The highest BCUT2D eigenvalue weighted by Crippen LogP contribution is 2.43. The van der Waals surface area contributed by atoms with Crippen molar-refractivity contribution >= 4 is 0 Å². The summed E-state index contributed by atoms with van der Waals surface area (Å²) >= 11 is 0. The lowest BCUT2D eigenvalue weighted by Crippen LogP contribution is -2.47. The smallest absolute Gasteiger partial charge is 0.119 e. The van der Waals surface area contributed by atoms with Crippen LogP contribution in [0.5, 0.6) is 5.75 Å². The number of nitrogens with zero attached hydrogens (tertiary/aromatic N) is 1. The Hall–Kier alpha value is -1.88. The first-order valence-electron chi connectivity index (χ1n) is 11.9. The predicted molar refractivity (Wildman–Crippen MR) is 127 cm³/mol. The third-order valence-electron chi connectivity index (χ3n) is 6.49. The summed E-state index contributed by atoms with van der Waals surface area (Å²) in [6, 6.07) is 18.6. The van der Waals surface area contributed by atoms with Crippen molar-refractivity contribution in [1.29, 1.82) is 0 Å². The fraction of sp³-hybridized carbons (Fsp3) is 0.556. The van der Waals surface area contributed by atoms with Gasteiger partial charge in [0.15, 0.2) is 0 Å². The quantitative estimate of drug-likeness (QED) is 0.502. The van der Waals surface area contributed by atoms with E-state index in [0.717, 1.165) is 57.2 Å². The Labute approximate surface area is 188 Å². The Balaban J connectivity index is 1.87. The second-order valence-electron chi connectivity index (χ2n) is 8.94. The van der Waals surface area contributed by atoms with Gasteiger partial charge in [-0.3, -0.25) is 4.90 Å². The zero-order chi connectivity index (χ0) is 22.1. The summed E-state index contributed by atoms with van der Waals surface area (Å²) in [6.45, 7) is 11.3. The lowest BCUT2D eigenvalue weighted by atomic mass is 9.70. The monoisotopic (exact) mass is 425 g/mol. The highest BCUT2D eigenvalue weighted by atomic mass is 16.5. The highest BCUT2D eigenvalue weighted by Gasteiger charge is 2.43. The summed E-state index contributed by atoms with van der Waals surface area (Å²) in [5.41, 5.74) is 1.14. The molecular weight excluding hydrogens is 386 g/mol. The molecule has 1 aliphatic heterocycles. The summed E-state index contributed by atoms with van der Waals surface area (Å²) in [5, 5.41) is 12.2. The zero-order valence-electron chi connectivity index (χ0n) is 19.4. The number of unbranched alkanes of at least 4 members (excludes halogenated alkanes) is 2. The molecule has 4 nitrogen and oxygen atoms in total. The molecule has 31 heavy (non-hydrogen) atoms. The number of ether oxygens (including phenoxy) is 2. The minimum Gasteiger partial charge on any atom is -0.494 e. The molecule has 170 valence electrons. The van der Waals surface area contributed by atoms with E-state index in [0.29, 0.717) is 0 Å². The van der Waals surface area contributed by atoms with Crippen LogP contribution < -0.4 is 4.74 Å². The minimum atomic E-state index is -0.986. The highest BCUT2D eigenvalue weighted by molar-refractivity contribution is 5.36. The van der Waals surface area contributed by atoms with Crippen LogP contribution in [-0.4, -0.2) is 49.5 Å². The van der Waals surface area contributed by atoms with Crippen molar-refractivity contribution in [3.63, 3.8) is 0 Å². The number of benzene rings is 2. The Kier molecular flexibility index (Phi) is 8.94. The van der Waals surface area contributed by atoms with Crippen molar-refractivity contribution in [1.82, 2.24) is 4.90 Å². The second kappa shape index (κ2) is 11.7. The Morgan fingerprint density at radius 3 is 2.29 bits per heavy atom. The van der Waals surface area contributed by atoms with E-state index in [4.69, 9.17) is 9.47 Å². The standard InChI is InChI=1S/C27H39NO3/c1-4-5-9-18-31-25-14-12-24(13-15-25)27(29,22(2)3)26(23-10-7-6-8-11-23)21-28-16-19-30-20-17-28/h6-8,10-15,22,26,29H,4-5,9,16-21H2,1-3H3/t26-,27-/m0/s1. The molecule has 1 N–H and O–H groups in total. The molecule has 2 aromatic carbocycles. The van der Waals surface area contributed by atoms with Crippen molar-refractivity contribution in [2.45, 2.75) is 51.6 Å². The van der Waals surface area contributed by atoms with E-state index in [1.807, 2.05) is 30.3 Å². The molecule has 2 aromatic rings. The second-order valence-corrected chi connectivity index (χ2v) is 8.94. The maximum Gasteiger partial charge on any atom is 0.119 e. The lowest BCUT2D eigenvalue weighted by Gasteiger charge is -2.43. The van der Waals surface area contributed by atoms with Gasteiger partial charge in [0, 0.05) is 25.6 Å². The number of morpholine rings is 1. The van der Waals surface area contributed by atoms with Crippen LogP contribution in [-0.2, 0) is 10.3 Å². The van der Waals surface area contributed by atoms with Gasteiger partial charge < -0.3 is 14.6 Å². The fourth-order valence-electron chi connectivity index (χ4n) is 4.52. The molecule has 0 bridgehead atoms. The van der Waals surface area contributed by atoms with E-state index in [9.17, 15) is 5.11 Å². The van der Waals surface area contributed by atoms with Crippen LogP contribution in [0.4, 0.5) is 0 Å². The van der Waals surface area contributed by atoms with Gasteiger partial charge in [-0.25, -0.2) is 0 Å². The van der Waals surface area contributed by atoms with Crippen LogP contribution >= 0.6 is 0 Å². The van der Waals surface area contributed by atoms with Gasteiger partial charge in [-0.1, -0.05) is 76.1 Å². The van der Waals surface area contributed by atoms with Crippen LogP contribution in [0, 0.1) is 5.92 Å². The molecule has 0 spiro atoms. The van der Waals surface area contributed by atoms with E-state index in [1.165, 1.54) is 18.4 Å². The van der Waals surface area contributed by atoms with E-state index in [1.54, 1.807) is 0 Å². The topological polar surface area (TPSA) is 41.9 Å². The Bertz CT molecular complexity index is 756. The Morgan fingerprint density at radius 2 is 1.68 bits per heavy atom. The largest absolute Gasteiger partial charge is 0.494 e. The predicted octanol–water partition coefficient (Wildman–Crippen LogP) is 5.22. The van der Waals surface area contributed by atoms with E-state index in [2.05, 4.69) is 49.9 Å². The van der Waals surface area contributed by atoms with Crippen LogP contribution in [0.2, 0.25) is 0 Å². The average molecular weight is 426 g/mol. The summed E-state index contributed by atoms with van der Waals surface area (Å²) in [7, 11) is 0. The maximum absolute atomic E-state index is 12.2. The first-order chi connectivity index (χ1) is 15.1. The third-order valence-corrected chi connectivity index (χ3v) is 6.49. The van der Waals surface area contributed by atoms with Crippen LogP contribution in [0.3, 0.4) is 0 Å². The maximum atomic E-state index is 12.2. The van der Waals surface area contributed by atoms with Crippen molar-refractivity contribution in [3.8, 4) is 5.75 Å². The van der Waals surface area contributed by atoms with Crippen molar-refractivity contribution in [2.24, 2.45) is 5.92 Å². The van der Waals surface area contributed by atoms with Crippen LogP contribution in [0.25, 0.3) is 0 Å². The zero-order valence-corrected chi connectivity index (χ0v) is 19.4. The van der Waals surface area contributed by atoms with Gasteiger partial charge in [-0.15, -0.1) is 0 Å². The molecule has 3 rings (SSSR count). The van der Waals surface area contributed by atoms with E-state index in [-0.39, 0.29) is 11.8 Å². The SMILES string of the molecule is CCCCCOc1ccc([C@@](O)(C(C)C)[C@@H](CN2CCOCC2)c2ccccc2)cc1. The first-order valence-corrected chi connectivity index (χ1v) is 11.9. The summed E-state index contributed by atoms with van der Waals surface area (Å²) in [5.74, 6) is 0.883. The van der Waals surface area contributed by atoms with Gasteiger partial charge in [0.05, 0.1) is 25.4 Å².